The summed E-state index contributed by atoms with van der Waals surface area (Å²) in [4.78, 5) is 38.1. The van der Waals surface area contributed by atoms with Gasteiger partial charge in [0.2, 0.25) is 5.91 Å². The van der Waals surface area contributed by atoms with Crippen LogP contribution in [-0.4, -0.2) is 29.3 Å². The zero-order valence-electron chi connectivity index (χ0n) is 14.1. The molecule has 6 nitrogen and oxygen atoms in total. The normalized spacial score (nSPS) is 19.2. The van der Waals surface area contributed by atoms with Crippen molar-refractivity contribution in [1.29, 1.82) is 0 Å². The molecule has 0 radical (unpaired) electrons. The van der Waals surface area contributed by atoms with Gasteiger partial charge in [-0.25, -0.2) is 9.18 Å². The largest absolute Gasteiger partial charge is 0.325 e. The number of nitrogens with zero attached hydrogens (tertiary/aromatic N) is 1. The molecule has 0 bridgehead atoms. The number of carbonyl (C=O) groups is 3. The number of imide groups is 1. The number of hydrogen-bond acceptors (Lipinski definition) is 3. The molecular formula is C18H14Cl2FN3O3. The minimum absolute atomic E-state index is 0.158. The topological polar surface area (TPSA) is 78.5 Å². The Labute approximate surface area is 164 Å². The van der Waals surface area contributed by atoms with Crippen molar-refractivity contribution in [2.75, 3.05) is 11.9 Å². The summed E-state index contributed by atoms with van der Waals surface area (Å²) in [6, 6.07) is 9.57. The Bertz CT molecular complexity index is 953. The van der Waals surface area contributed by atoms with Gasteiger partial charge in [-0.3, -0.25) is 14.5 Å². The minimum Gasteiger partial charge on any atom is -0.324 e. The second-order valence-corrected chi connectivity index (χ2v) is 6.92. The van der Waals surface area contributed by atoms with Crippen molar-refractivity contribution in [3.05, 3.63) is 63.9 Å². The molecule has 2 aromatic carbocycles. The van der Waals surface area contributed by atoms with Gasteiger partial charge in [0.15, 0.2) is 0 Å². The number of anilines is 1. The van der Waals surface area contributed by atoms with E-state index in [1.807, 2.05) is 0 Å². The molecule has 0 aromatic heterocycles. The lowest BCUT2D eigenvalue weighted by Gasteiger charge is -2.23. The number of carbonyl (C=O) groups excluding carboxylic acids is 3. The highest BCUT2D eigenvalue weighted by Gasteiger charge is 2.50. The van der Waals surface area contributed by atoms with Crippen LogP contribution >= 0.6 is 23.2 Å². The summed E-state index contributed by atoms with van der Waals surface area (Å²) in [5, 5.41) is 5.20. The average molecular weight is 410 g/mol. The summed E-state index contributed by atoms with van der Waals surface area (Å²) in [6.45, 7) is 1.01. The number of rotatable bonds is 4. The Balaban J connectivity index is 1.76. The molecule has 1 aliphatic heterocycles. The molecule has 1 heterocycles. The lowest BCUT2D eigenvalue weighted by molar-refractivity contribution is -0.133. The maximum atomic E-state index is 13.2. The van der Waals surface area contributed by atoms with E-state index >= 15 is 0 Å². The second kappa shape index (κ2) is 7.17. The van der Waals surface area contributed by atoms with Crippen molar-refractivity contribution < 1.29 is 18.8 Å². The van der Waals surface area contributed by atoms with E-state index < -0.39 is 35.7 Å². The number of amides is 4. The molecule has 9 heteroatoms. The van der Waals surface area contributed by atoms with Gasteiger partial charge in [0.25, 0.3) is 5.91 Å². The zero-order valence-corrected chi connectivity index (χ0v) is 15.6. The van der Waals surface area contributed by atoms with Gasteiger partial charge >= 0.3 is 6.03 Å². The fourth-order valence-electron chi connectivity index (χ4n) is 2.81. The van der Waals surface area contributed by atoms with Crippen LogP contribution in [0.25, 0.3) is 0 Å². The van der Waals surface area contributed by atoms with E-state index in [1.165, 1.54) is 19.1 Å². The quantitative estimate of drug-likeness (QED) is 0.757. The van der Waals surface area contributed by atoms with E-state index in [1.54, 1.807) is 24.3 Å². The van der Waals surface area contributed by atoms with Crippen LogP contribution in [0.2, 0.25) is 10.0 Å². The van der Waals surface area contributed by atoms with Crippen LogP contribution in [0.3, 0.4) is 0 Å². The van der Waals surface area contributed by atoms with Crippen LogP contribution in [0.5, 0.6) is 0 Å². The molecule has 0 saturated carbocycles. The Kier molecular flexibility index (Phi) is 5.08. The van der Waals surface area contributed by atoms with Gasteiger partial charge in [0.05, 0.1) is 5.02 Å². The summed E-state index contributed by atoms with van der Waals surface area (Å²) in [6.07, 6.45) is 0. The maximum absolute atomic E-state index is 13.2. The standard InChI is InChI=1S/C18H14Cl2FN3O3/c1-18(11-4-2-3-5-12(11)19)16(26)24(17(27)23-18)9-15(25)22-10-6-7-14(21)13(20)8-10/h2-8H,9H2,1H3,(H,22,25)(H,23,27)/t18-/m1/s1. The molecule has 27 heavy (non-hydrogen) atoms. The Morgan fingerprint density at radius 2 is 1.89 bits per heavy atom. The number of hydrogen-bond donors (Lipinski definition) is 2. The Morgan fingerprint density at radius 1 is 1.19 bits per heavy atom. The summed E-state index contributed by atoms with van der Waals surface area (Å²) < 4.78 is 13.2. The zero-order chi connectivity index (χ0) is 19.8. The van der Waals surface area contributed by atoms with E-state index in [2.05, 4.69) is 10.6 Å². The van der Waals surface area contributed by atoms with E-state index in [-0.39, 0.29) is 10.7 Å². The summed E-state index contributed by atoms with van der Waals surface area (Å²) in [7, 11) is 0. The van der Waals surface area contributed by atoms with Gasteiger partial charge in [0, 0.05) is 16.3 Å². The van der Waals surface area contributed by atoms with Gasteiger partial charge in [-0.1, -0.05) is 41.4 Å². The first kappa shape index (κ1) is 19.1. The smallest absolute Gasteiger partial charge is 0.324 e. The average Bonchev–Trinajstić information content (AvgIpc) is 2.82. The number of benzene rings is 2. The van der Waals surface area contributed by atoms with Crippen molar-refractivity contribution >= 4 is 46.7 Å². The van der Waals surface area contributed by atoms with E-state index in [9.17, 15) is 18.8 Å². The lowest BCUT2D eigenvalue weighted by Crippen LogP contribution is -2.42. The van der Waals surface area contributed by atoms with Crippen LogP contribution in [0.4, 0.5) is 14.9 Å². The van der Waals surface area contributed by atoms with Gasteiger partial charge in [-0.05, 0) is 31.2 Å². The molecule has 0 unspecified atom stereocenters. The first-order valence-electron chi connectivity index (χ1n) is 7.86. The SMILES string of the molecule is C[C@]1(c2ccccc2Cl)NC(=O)N(CC(=O)Nc2ccc(F)c(Cl)c2)C1=O. The molecular weight excluding hydrogens is 396 g/mol. The molecule has 0 aliphatic carbocycles. The van der Waals surface area contributed by atoms with Crippen molar-refractivity contribution in [3.8, 4) is 0 Å². The minimum atomic E-state index is -1.38. The predicted molar refractivity (Wildman–Crippen MR) is 99.1 cm³/mol. The van der Waals surface area contributed by atoms with E-state index in [4.69, 9.17) is 23.2 Å². The predicted octanol–water partition coefficient (Wildman–Crippen LogP) is 3.54. The third kappa shape index (κ3) is 3.61. The molecule has 0 spiro atoms. The summed E-state index contributed by atoms with van der Waals surface area (Å²) in [5.41, 5.74) is -0.708. The molecule has 2 aromatic rings. The number of halogens is 3. The fourth-order valence-corrected chi connectivity index (χ4v) is 3.31. The molecule has 4 amide bonds. The second-order valence-electron chi connectivity index (χ2n) is 6.10. The van der Waals surface area contributed by atoms with Crippen molar-refractivity contribution in [1.82, 2.24) is 10.2 Å². The molecule has 1 aliphatic rings. The van der Waals surface area contributed by atoms with Gasteiger partial charge < -0.3 is 10.6 Å². The highest BCUT2D eigenvalue weighted by atomic mass is 35.5. The van der Waals surface area contributed by atoms with Crippen LogP contribution in [0.1, 0.15) is 12.5 Å². The van der Waals surface area contributed by atoms with Gasteiger partial charge in [-0.15, -0.1) is 0 Å². The molecule has 140 valence electrons. The Hall–Kier alpha value is -2.64. The first-order chi connectivity index (χ1) is 12.7. The fraction of sp³-hybridized carbons (Fsp3) is 0.167. The molecule has 1 saturated heterocycles. The molecule has 1 atom stereocenters. The summed E-state index contributed by atoms with van der Waals surface area (Å²) in [5.74, 6) is -1.86. The van der Waals surface area contributed by atoms with Crippen molar-refractivity contribution in [3.63, 3.8) is 0 Å². The maximum Gasteiger partial charge on any atom is 0.325 e. The van der Waals surface area contributed by atoms with Gasteiger partial charge in [-0.2, -0.15) is 0 Å². The molecule has 3 rings (SSSR count). The third-order valence-electron chi connectivity index (χ3n) is 4.19. The van der Waals surface area contributed by atoms with Crippen LogP contribution in [0.15, 0.2) is 42.5 Å². The van der Waals surface area contributed by atoms with Crippen LogP contribution in [0, 0.1) is 5.82 Å². The van der Waals surface area contributed by atoms with Crippen molar-refractivity contribution in [2.45, 2.75) is 12.5 Å². The highest BCUT2D eigenvalue weighted by molar-refractivity contribution is 6.32. The Morgan fingerprint density at radius 3 is 2.56 bits per heavy atom. The van der Waals surface area contributed by atoms with E-state index in [0.717, 1.165) is 11.0 Å². The molecule has 1 fully saturated rings. The van der Waals surface area contributed by atoms with E-state index in [0.29, 0.717) is 10.6 Å². The monoisotopic (exact) mass is 409 g/mol. The highest BCUT2D eigenvalue weighted by Crippen LogP contribution is 2.33. The lowest BCUT2D eigenvalue weighted by atomic mass is 9.92. The van der Waals surface area contributed by atoms with Crippen molar-refractivity contribution in [2.24, 2.45) is 0 Å². The third-order valence-corrected chi connectivity index (χ3v) is 4.81. The number of urea groups is 1. The molecule has 2 N–H and O–H groups in total. The first-order valence-corrected chi connectivity index (χ1v) is 8.62. The van der Waals surface area contributed by atoms with Crippen LogP contribution < -0.4 is 10.6 Å². The summed E-state index contributed by atoms with van der Waals surface area (Å²) >= 11 is 11.8. The van der Waals surface area contributed by atoms with Crippen LogP contribution in [-0.2, 0) is 15.1 Å². The number of nitrogens with one attached hydrogen (secondary N) is 2. The van der Waals surface area contributed by atoms with Gasteiger partial charge in [0.1, 0.15) is 17.9 Å².